The van der Waals surface area contributed by atoms with Crippen LogP contribution in [0.3, 0.4) is 0 Å². The number of nitrogens with zero attached hydrogens (tertiary/aromatic N) is 2. The SMILES string of the molecule is Cc1nn(C)c2c(C(C)C)cccc12. The third-order valence-corrected chi connectivity index (χ3v) is 2.70. The summed E-state index contributed by atoms with van der Waals surface area (Å²) in [6, 6.07) is 6.45. The van der Waals surface area contributed by atoms with Crippen molar-refractivity contribution in [2.75, 3.05) is 0 Å². The molecule has 1 aromatic carbocycles. The molecular formula is C12H16N2. The maximum Gasteiger partial charge on any atom is 0.0716 e. The van der Waals surface area contributed by atoms with Crippen LogP contribution in [0.15, 0.2) is 18.2 Å². The molecule has 2 rings (SSSR count). The van der Waals surface area contributed by atoms with Crippen LogP contribution in [-0.4, -0.2) is 9.78 Å². The van der Waals surface area contributed by atoms with Crippen LogP contribution >= 0.6 is 0 Å². The molecule has 2 heteroatoms. The molecule has 0 saturated heterocycles. The molecule has 1 heterocycles. The zero-order valence-corrected chi connectivity index (χ0v) is 9.20. The fourth-order valence-corrected chi connectivity index (χ4v) is 2.01. The minimum atomic E-state index is 0.550. The number of benzene rings is 1. The fourth-order valence-electron chi connectivity index (χ4n) is 2.01. The number of fused-ring (bicyclic) bond motifs is 1. The molecular weight excluding hydrogens is 172 g/mol. The molecule has 0 unspecified atom stereocenters. The lowest BCUT2D eigenvalue weighted by Gasteiger charge is -2.07. The van der Waals surface area contributed by atoms with E-state index < -0.39 is 0 Å². The van der Waals surface area contributed by atoms with Gasteiger partial charge in [-0.05, 0) is 18.4 Å². The van der Waals surface area contributed by atoms with Crippen molar-refractivity contribution in [2.45, 2.75) is 26.7 Å². The Morgan fingerprint density at radius 1 is 1.29 bits per heavy atom. The highest BCUT2D eigenvalue weighted by Crippen LogP contribution is 2.26. The molecule has 0 spiro atoms. The molecule has 2 nitrogen and oxygen atoms in total. The summed E-state index contributed by atoms with van der Waals surface area (Å²) in [4.78, 5) is 0. The summed E-state index contributed by atoms with van der Waals surface area (Å²) in [5, 5.41) is 5.73. The van der Waals surface area contributed by atoms with Crippen molar-refractivity contribution in [1.29, 1.82) is 0 Å². The molecule has 0 bridgehead atoms. The highest BCUT2D eigenvalue weighted by molar-refractivity contribution is 5.85. The molecule has 0 N–H and O–H groups in total. The van der Waals surface area contributed by atoms with E-state index in [9.17, 15) is 0 Å². The van der Waals surface area contributed by atoms with Gasteiger partial charge in [0.05, 0.1) is 11.2 Å². The lowest BCUT2D eigenvalue weighted by Crippen LogP contribution is -1.95. The van der Waals surface area contributed by atoms with Gasteiger partial charge in [0.1, 0.15) is 0 Å². The van der Waals surface area contributed by atoms with Crippen molar-refractivity contribution in [2.24, 2.45) is 7.05 Å². The molecule has 74 valence electrons. The van der Waals surface area contributed by atoms with E-state index in [4.69, 9.17) is 0 Å². The highest BCUT2D eigenvalue weighted by atomic mass is 15.3. The van der Waals surface area contributed by atoms with Gasteiger partial charge < -0.3 is 0 Å². The molecule has 0 aliphatic carbocycles. The summed E-state index contributed by atoms with van der Waals surface area (Å²) in [6.07, 6.45) is 0. The van der Waals surface area contributed by atoms with Crippen LogP contribution in [0.25, 0.3) is 10.9 Å². The maximum atomic E-state index is 4.45. The zero-order chi connectivity index (χ0) is 10.3. The number of para-hydroxylation sites is 1. The molecule has 0 amide bonds. The van der Waals surface area contributed by atoms with E-state index in [1.807, 2.05) is 11.7 Å². The standard InChI is InChI=1S/C12H16N2/c1-8(2)10-6-5-7-11-9(3)13-14(4)12(10)11/h5-8H,1-4H3. The second-order valence-electron chi connectivity index (χ2n) is 4.11. The molecule has 0 aliphatic heterocycles. The first kappa shape index (κ1) is 9.25. The van der Waals surface area contributed by atoms with Crippen LogP contribution in [0.1, 0.15) is 31.0 Å². The molecule has 0 atom stereocenters. The van der Waals surface area contributed by atoms with Crippen LogP contribution in [0.5, 0.6) is 0 Å². The molecule has 1 aromatic heterocycles. The third kappa shape index (κ3) is 1.22. The van der Waals surface area contributed by atoms with Crippen molar-refractivity contribution in [3.63, 3.8) is 0 Å². The molecule has 0 fully saturated rings. The van der Waals surface area contributed by atoms with Gasteiger partial charge in [-0.25, -0.2) is 0 Å². The third-order valence-electron chi connectivity index (χ3n) is 2.70. The van der Waals surface area contributed by atoms with Crippen LogP contribution in [-0.2, 0) is 7.05 Å². The number of hydrogen-bond donors (Lipinski definition) is 0. The zero-order valence-electron chi connectivity index (χ0n) is 9.20. The fraction of sp³-hybridized carbons (Fsp3) is 0.417. The second kappa shape index (κ2) is 3.12. The monoisotopic (exact) mass is 188 g/mol. The van der Waals surface area contributed by atoms with Gasteiger partial charge >= 0.3 is 0 Å². The van der Waals surface area contributed by atoms with E-state index in [0.29, 0.717) is 5.92 Å². The molecule has 0 saturated carbocycles. The maximum absolute atomic E-state index is 4.45. The topological polar surface area (TPSA) is 17.8 Å². The summed E-state index contributed by atoms with van der Waals surface area (Å²) in [6.45, 7) is 6.50. The lowest BCUT2D eigenvalue weighted by molar-refractivity contribution is 0.769. The summed E-state index contributed by atoms with van der Waals surface area (Å²) in [5.41, 5.74) is 3.77. The van der Waals surface area contributed by atoms with Gasteiger partial charge in [0.25, 0.3) is 0 Å². The number of hydrogen-bond acceptors (Lipinski definition) is 1. The van der Waals surface area contributed by atoms with Crippen molar-refractivity contribution in [1.82, 2.24) is 9.78 Å². The Morgan fingerprint density at radius 3 is 2.64 bits per heavy atom. The van der Waals surface area contributed by atoms with E-state index in [2.05, 4.69) is 44.1 Å². The van der Waals surface area contributed by atoms with E-state index >= 15 is 0 Å². The normalized spacial score (nSPS) is 11.5. The second-order valence-corrected chi connectivity index (χ2v) is 4.11. The van der Waals surface area contributed by atoms with Crippen molar-refractivity contribution >= 4 is 10.9 Å². The van der Waals surface area contributed by atoms with E-state index in [0.717, 1.165) is 5.69 Å². The van der Waals surface area contributed by atoms with E-state index in [1.54, 1.807) is 0 Å². The summed E-state index contributed by atoms with van der Waals surface area (Å²) in [7, 11) is 2.02. The minimum absolute atomic E-state index is 0.550. The molecule has 0 radical (unpaired) electrons. The van der Waals surface area contributed by atoms with Crippen molar-refractivity contribution < 1.29 is 0 Å². The first-order chi connectivity index (χ1) is 6.61. The number of rotatable bonds is 1. The smallest absolute Gasteiger partial charge is 0.0716 e. The van der Waals surface area contributed by atoms with Crippen molar-refractivity contribution in [3.8, 4) is 0 Å². The minimum Gasteiger partial charge on any atom is -0.267 e. The Labute approximate surface area is 84.5 Å². The van der Waals surface area contributed by atoms with Crippen LogP contribution in [0, 0.1) is 6.92 Å². The Kier molecular flexibility index (Phi) is 2.06. The van der Waals surface area contributed by atoms with Crippen LogP contribution in [0.2, 0.25) is 0 Å². The summed E-state index contributed by atoms with van der Waals surface area (Å²) < 4.78 is 1.99. The molecule has 0 aliphatic rings. The van der Waals surface area contributed by atoms with Gasteiger partial charge in [0.15, 0.2) is 0 Å². The first-order valence-corrected chi connectivity index (χ1v) is 5.03. The largest absolute Gasteiger partial charge is 0.267 e. The Balaban J connectivity index is 2.85. The van der Waals surface area contributed by atoms with Crippen molar-refractivity contribution in [3.05, 3.63) is 29.5 Å². The summed E-state index contributed by atoms with van der Waals surface area (Å²) in [5.74, 6) is 0.550. The van der Waals surface area contributed by atoms with Crippen LogP contribution in [0.4, 0.5) is 0 Å². The Bertz CT molecular complexity index is 466. The lowest BCUT2D eigenvalue weighted by atomic mass is 10.00. The Hall–Kier alpha value is -1.31. The van der Waals surface area contributed by atoms with Gasteiger partial charge in [-0.3, -0.25) is 4.68 Å². The van der Waals surface area contributed by atoms with E-state index in [-0.39, 0.29) is 0 Å². The average Bonchev–Trinajstić information content (AvgIpc) is 2.43. The van der Waals surface area contributed by atoms with Crippen LogP contribution < -0.4 is 0 Å². The average molecular weight is 188 g/mol. The number of aromatic nitrogens is 2. The van der Waals surface area contributed by atoms with Gasteiger partial charge in [-0.1, -0.05) is 32.0 Å². The summed E-state index contributed by atoms with van der Waals surface area (Å²) >= 11 is 0. The number of aryl methyl sites for hydroxylation is 2. The van der Waals surface area contributed by atoms with E-state index in [1.165, 1.54) is 16.5 Å². The van der Waals surface area contributed by atoms with Gasteiger partial charge in [-0.15, -0.1) is 0 Å². The first-order valence-electron chi connectivity index (χ1n) is 5.03. The Morgan fingerprint density at radius 2 is 2.00 bits per heavy atom. The predicted molar refractivity (Wildman–Crippen MR) is 59.5 cm³/mol. The molecule has 14 heavy (non-hydrogen) atoms. The predicted octanol–water partition coefficient (Wildman–Crippen LogP) is 3.01. The van der Waals surface area contributed by atoms with Gasteiger partial charge in [0.2, 0.25) is 0 Å². The molecule has 2 aromatic rings. The highest BCUT2D eigenvalue weighted by Gasteiger charge is 2.10. The quantitative estimate of drug-likeness (QED) is 0.672. The van der Waals surface area contributed by atoms with Gasteiger partial charge in [0, 0.05) is 12.4 Å². The van der Waals surface area contributed by atoms with Gasteiger partial charge in [-0.2, -0.15) is 5.10 Å².